The fourth-order valence-electron chi connectivity index (χ4n) is 2.32. The Hall–Kier alpha value is -4.42. The van der Waals surface area contributed by atoms with Crippen molar-refractivity contribution in [3.05, 3.63) is 61.5 Å². The van der Waals surface area contributed by atoms with Gasteiger partial charge in [0, 0.05) is 26.0 Å². The SMILES string of the molecule is CC(=O)Nc1ccc(N[N+](=O)c2ccc(NC(C)=O)c([N+](=O)[O-])c2)cc1[N+](=O)[O-]. The minimum atomic E-state index is -0.768. The van der Waals surface area contributed by atoms with Crippen LogP contribution in [0.2, 0.25) is 0 Å². The van der Waals surface area contributed by atoms with Gasteiger partial charge < -0.3 is 10.6 Å². The number of rotatable bonds is 7. The van der Waals surface area contributed by atoms with Crippen molar-refractivity contribution < 1.29 is 24.3 Å². The van der Waals surface area contributed by atoms with Gasteiger partial charge in [0.05, 0.1) is 20.8 Å². The van der Waals surface area contributed by atoms with Gasteiger partial charge in [-0.25, -0.2) is 0 Å². The number of hydrazine groups is 1. The largest absolute Gasteiger partial charge is 0.321 e. The van der Waals surface area contributed by atoms with E-state index in [2.05, 4.69) is 16.1 Å². The number of nitro groups is 2. The van der Waals surface area contributed by atoms with E-state index in [-0.39, 0.29) is 27.6 Å². The summed E-state index contributed by atoms with van der Waals surface area (Å²) in [6, 6.07) is 6.91. The third-order valence-corrected chi connectivity index (χ3v) is 3.46. The summed E-state index contributed by atoms with van der Waals surface area (Å²) in [6.45, 7) is 2.36. The molecule has 2 rings (SSSR count). The molecule has 2 aromatic rings. The summed E-state index contributed by atoms with van der Waals surface area (Å²) < 4.78 is 0. The number of hydrogen-bond donors (Lipinski definition) is 3. The molecule has 2 amide bonds. The van der Waals surface area contributed by atoms with Gasteiger partial charge >= 0.3 is 0 Å². The van der Waals surface area contributed by atoms with Gasteiger partial charge in [-0.05, 0) is 18.2 Å². The summed E-state index contributed by atoms with van der Waals surface area (Å²) in [4.78, 5) is 55.6. The van der Waals surface area contributed by atoms with Gasteiger partial charge in [0.2, 0.25) is 11.8 Å². The zero-order valence-corrected chi connectivity index (χ0v) is 15.2. The molecule has 13 heteroatoms. The quantitative estimate of drug-likeness (QED) is 0.359. The minimum Gasteiger partial charge on any atom is -0.321 e. The molecular formula is C16H15N6O7+. The van der Waals surface area contributed by atoms with Gasteiger partial charge in [0.15, 0.2) is 4.87 Å². The van der Waals surface area contributed by atoms with E-state index >= 15 is 0 Å². The monoisotopic (exact) mass is 403 g/mol. The van der Waals surface area contributed by atoms with Crippen LogP contribution in [0, 0.1) is 25.1 Å². The second-order valence-electron chi connectivity index (χ2n) is 5.72. The van der Waals surface area contributed by atoms with Crippen molar-refractivity contribution in [2.24, 2.45) is 0 Å². The predicted octanol–water partition coefficient (Wildman–Crippen LogP) is 2.86. The van der Waals surface area contributed by atoms with Gasteiger partial charge in [0.25, 0.3) is 17.1 Å². The molecule has 0 unspecified atom stereocenters. The van der Waals surface area contributed by atoms with Crippen LogP contribution in [0.15, 0.2) is 36.4 Å². The summed E-state index contributed by atoms with van der Waals surface area (Å²) in [5, 5.41) is 26.9. The molecule has 0 aliphatic heterocycles. The van der Waals surface area contributed by atoms with E-state index < -0.39 is 33.0 Å². The fourth-order valence-corrected chi connectivity index (χ4v) is 2.32. The summed E-state index contributed by atoms with van der Waals surface area (Å²) in [5.41, 5.74) is 1.04. The maximum Gasteiger partial charge on any atom is 0.299 e. The highest BCUT2D eigenvalue weighted by Crippen LogP contribution is 2.31. The lowest BCUT2D eigenvalue weighted by molar-refractivity contribution is -0.429. The van der Waals surface area contributed by atoms with Crippen molar-refractivity contribution in [1.29, 1.82) is 0 Å². The molecule has 0 radical (unpaired) electrons. The van der Waals surface area contributed by atoms with Crippen LogP contribution in [0.25, 0.3) is 0 Å². The highest BCUT2D eigenvalue weighted by atomic mass is 16.6. The van der Waals surface area contributed by atoms with Crippen LogP contribution in [-0.2, 0) is 9.59 Å². The van der Waals surface area contributed by atoms with E-state index in [1.807, 2.05) is 0 Å². The maximum atomic E-state index is 12.3. The minimum absolute atomic E-state index is 0.00870. The number of nitroso groups, excluding NO2 is 1. The molecule has 0 heterocycles. The average Bonchev–Trinajstić information content (AvgIpc) is 2.61. The van der Waals surface area contributed by atoms with Gasteiger partial charge in [-0.1, -0.05) is 0 Å². The number of anilines is 3. The zero-order chi connectivity index (χ0) is 21.7. The fraction of sp³-hybridized carbons (Fsp3) is 0.125. The van der Waals surface area contributed by atoms with Gasteiger partial charge in [0.1, 0.15) is 17.1 Å². The molecule has 29 heavy (non-hydrogen) atoms. The smallest absolute Gasteiger partial charge is 0.299 e. The number of nitro benzene ring substituents is 2. The molecule has 2 aromatic carbocycles. The molecule has 0 atom stereocenters. The van der Waals surface area contributed by atoms with Crippen molar-refractivity contribution in [3.63, 3.8) is 0 Å². The topological polar surface area (TPSA) is 177 Å². The normalized spacial score (nSPS) is 10.0. The van der Waals surface area contributed by atoms with Crippen LogP contribution in [-0.4, -0.2) is 26.5 Å². The van der Waals surface area contributed by atoms with E-state index in [0.29, 0.717) is 0 Å². The Balaban J connectivity index is 2.32. The van der Waals surface area contributed by atoms with Gasteiger partial charge in [-0.15, -0.1) is 5.43 Å². The Morgan fingerprint density at radius 3 is 1.76 bits per heavy atom. The summed E-state index contributed by atoms with van der Waals surface area (Å²) in [6.07, 6.45) is 0. The Morgan fingerprint density at radius 1 is 0.793 bits per heavy atom. The summed E-state index contributed by atoms with van der Waals surface area (Å²) in [5.74, 6) is -1.03. The standard InChI is InChI=1S/C16H14N6O7/c1-9(23)17-13-5-3-11(7-15(13)21(26)27)19-20(25)12-4-6-14(18-10(2)24)16(8-12)22(28)29/h3-8H,1-2H3,(H2-,17,18,19,23,24,25)/p+1. The van der Waals surface area contributed by atoms with Crippen LogP contribution in [0.4, 0.5) is 34.1 Å². The second kappa shape index (κ2) is 8.51. The number of carbonyl (C=O) groups is 2. The highest BCUT2D eigenvalue weighted by molar-refractivity contribution is 5.92. The number of nitrogens with one attached hydrogen (secondary N) is 3. The van der Waals surface area contributed by atoms with Gasteiger partial charge in [-0.3, -0.25) is 29.8 Å². The van der Waals surface area contributed by atoms with Crippen molar-refractivity contribution in [3.8, 4) is 0 Å². The number of carbonyl (C=O) groups excluding carboxylic acids is 2. The van der Waals surface area contributed by atoms with Crippen molar-refractivity contribution in [1.82, 2.24) is 0 Å². The molecule has 0 fully saturated rings. The molecule has 13 nitrogen and oxygen atoms in total. The van der Waals surface area contributed by atoms with E-state index in [4.69, 9.17) is 0 Å². The van der Waals surface area contributed by atoms with Crippen LogP contribution >= 0.6 is 0 Å². The zero-order valence-electron chi connectivity index (χ0n) is 15.2. The molecule has 0 aliphatic carbocycles. The Morgan fingerprint density at radius 2 is 1.28 bits per heavy atom. The molecular weight excluding hydrogens is 388 g/mol. The van der Waals surface area contributed by atoms with Crippen molar-refractivity contribution in [2.75, 3.05) is 16.1 Å². The third-order valence-electron chi connectivity index (χ3n) is 3.46. The van der Waals surface area contributed by atoms with Crippen LogP contribution in [0.1, 0.15) is 13.8 Å². The molecule has 0 bridgehead atoms. The Bertz CT molecular complexity index is 1040. The van der Waals surface area contributed by atoms with Crippen molar-refractivity contribution in [2.45, 2.75) is 13.8 Å². The molecule has 0 aromatic heterocycles. The lowest BCUT2D eigenvalue weighted by atomic mass is 10.2. The van der Waals surface area contributed by atoms with E-state index in [1.54, 1.807) is 0 Å². The first-order valence-corrected chi connectivity index (χ1v) is 7.94. The molecule has 0 aliphatic rings. The lowest BCUT2D eigenvalue weighted by Gasteiger charge is -2.05. The molecule has 0 saturated heterocycles. The molecule has 3 N–H and O–H groups in total. The number of hydrogen-bond acceptors (Lipinski definition) is 7. The third kappa shape index (κ3) is 5.29. The Kier molecular flexibility index (Phi) is 6.13. The van der Waals surface area contributed by atoms with E-state index in [9.17, 15) is 34.7 Å². The van der Waals surface area contributed by atoms with Crippen LogP contribution < -0.4 is 16.1 Å². The lowest BCUT2D eigenvalue weighted by Crippen LogP contribution is -2.13. The molecule has 0 saturated carbocycles. The summed E-state index contributed by atoms with van der Waals surface area (Å²) in [7, 11) is 0. The summed E-state index contributed by atoms with van der Waals surface area (Å²) >= 11 is 0. The number of nitrogens with zero attached hydrogens (tertiary/aromatic N) is 3. The van der Waals surface area contributed by atoms with Gasteiger partial charge in [-0.2, -0.15) is 0 Å². The highest BCUT2D eigenvalue weighted by Gasteiger charge is 2.24. The first-order valence-electron chi connectivity index (χ1n) is 7.94. The van der Waals surface area contributed by atoms with Crippen molar-refractivity contribution >= 4 is 45.9 Å². The molecule has 150 valence electrons. The number of benzene rings is 2. The average molecular weight is 403 g/mol. The predicted molar refractivity (Wildman–Crippen MR) is 102 cm³/mol. The van der Waals surface area contributed by atoms with E-state index in [1.165, 1.54) is 38.1 Å². The van der Waals surface area contributed by atoms with Crippen LogP contribution in [0.5, 0.6) is 0 Å². The second-order valence-corrected chi connectivity index (χ2v) is 5.72. The first-order chi connectivity index (χ1) is 13.6. The Labute approximate surface area is 162 Å². The number of amides is 2. The maximum absolute atomic E-state index is 12.3. The molecule has 0 spiro atoms. The van der Waals surface area contributed by atoms with Crippen LogP contribution in [0.3, 0.4) is 0 Å². The first kappa shape index (κ1) is 20.9. The van der Waals surface area contributed by atoms with E-state index in [0.717, 1.165) is 12.1 Å².